The number of hydrogen-bond acceptors (Lipinski definition) is 4. The first kappa shape index (κ1) is 19.2. The summed E-state index contributed by atoms with van der Waals surface area (Å²) >= 11 is 0. The minimum atomic E-state index is -0.990. The fraction of sp³-hybridized carbons (Fsp3) is 0.786. The first-order chi connectivity index (χ1) is 9.56. The molecule has 3 N–H and O–H groups in total. The average Bonchev–Trinajstić information content (AvgIpc) is 2.32. The summed E-state index contributed by atoms with van der Waals surface area (Å²) in [5, 5.41) is 13.6. The molecular formula is C14H26N2O5. The Hall–Kier alpha value is -1.79. The Kier molecular flexibility index (Phi) is 7.76. The number of hydrogen-bond donors (Lipinski definition) is 3. The number of carbonyl (C=O) groups is 3. The van der Waals surface area contributed by atoms with Crippen LogP contribution < -0.4 is 10.6 Å². The van der Waals surface area contributed by atoms with Gasteiger partial charge in [-0.3, -0.25) is 9.59 Å². The van der Waals surface area contributed by atoms with Crippen molar-refractivity contribution in [3.05, 3.63) is 0 Å². The quantitative estimate of drug-likeness (QED) is 0.661. The predicted octanol–water partition coefficient (Wildman–Crippen LogP) is 1.52. The number of amides is 2. The Morgan fingerprint density at radius 1 is 1.24 bits per heavy atom. The van der Waals surface area contributed by atoms with Gasteiger partial charge in [0, 0.05) is 6.54 Å². The summed E-state index contributed by atoms with van der Waals surface area (Å²) in [4.78, 5) is 34.3. The van der Waals surface area contributed by atoms with E-state index in [0.717, 1.165) is 0 Å². The Morgan fingerprint density at radius 3 is 2.24 bits per heavy atom. The summed E-state index contributed by atoms with van der Waals surface area (Å²) in [6.45, 7) is 8.96. The predicted molar refractivity (Wildman–Crippen MR) is 77.9 cm³/mol. The molecule has 0 saturated carbocycles. The van der Waals surface area contributed by atoms with E-state index < -0.39 is 29.6 Å². The highest BCUT2D eigenvalue weighted by atomic mass is 16.6. The molecule has 2 atom stereocenters. The molecule has 0 fully saturated rings. The highest BCUT2D eigenvalue weighted by molar-refractivity contribution is 5.86. The molecule has 0 aromatic heterocycles. The van der Waals surface area contributed by atoms with Crippen LogP contribution in [0.1, 0.15) is 47.5 Å². The van der Waals surface area contributed by atoms with Crippen molar-refractivity contribution in [2.24, 2.45) is 5.92 Å². The van der Waals surface area contributed by atoms with Crippen molar-refractivity contribution >= 4 is 18.0 Å². The first-order valence-electron chi connectivity index (χ1n) is 7.05. The smallest absolute Gasteiger partial charge is 0.408 e. The van der Waals surface area contributed by atoms with Crippen molar-refractivity contribution in [2.45, 2.75) is 59.1 Å². The van der Waals surface area contributed by atoms with Gasteiger partial charge >= 0.3 is 12.1 Å². The minimum absolute atomic E-state index is 0.0249. The van der Waals surface area contributed by atoms with Crippen molar-refractivity contribution in [3.63, 3.8) is 0 Å². The van der Waals surface area contributed by atoms with E-state index >= 15 is 0 Å². The number of nitrogens with one attached hydrogen (secondary N) is 2. The third kappa shape index (κ3) is 8.88. The lowest BCUT2D eigenvalue weighted by atomic mass is 9.98. The molecule has 0 rings (SSSR count). The Balaban J connectivity index is 4.61. The lowest BCUT2D eigenvalue weighted by Gasteiger charge is -2.26. The maximum absolute atomic E-state index is 12.1. The zero-order valence-corrected chi connectivity index (χ0v) is 13.4. The minimum Gasteiger partial charge on any atom is -0.481 e. The second kappa shape index (κ2) is 8.49. The van der Waals surface area contributed by atoms with Gasteiger partial charge in [0.15, 0.2) is 0 Å². The maximum atomic E-state index is 12.1. The second-order valence-electron chi connectivity index (χ2n) is 5.94. The summed E-state index contributed by atoms with van der Waals surface area (Å²) in [7, 11) is 0. The number of aliphatic carboxylic acids is 1. The van der Waals surface area contributed by atoms with Gasteiger partial charge in [0.05, 0.1) is 6.42 Å². The molecule has 7 nitrogen and oxygen atoms in total. The molecule has 21 heavy (non-hydrogen) atoms. The summed E-state index contributed by atoms with van der Waals surface area (Å²) in [5.74, 6) is -1.49. The van der Waals surface area contributed by atoms with E-state index in [1.165, 1.54) is 0 Å². The van der Waals surface area contributed by atoms with Gasteiger partial charge in [0.1, 0.15) is 11.6 Å². The Morgan fingerprint density at radius 2 is 1.81 bits per heavy atom. The molecule has 0 radical (unpaired) electrons. The van der Waals surface area contributed by atoms with Crippen LogP contribution >= 0.6 is 0 Å². The lowest BCUT2D eigenvalue weighted by molar-refractivity contribution is -0.137. The number of carboxylic acid groups (broad SMARTS) is 1. The number of carbonyl (C=O) groups excluding carboxylic acids is 2. The van der Waals surface area contributed by atoms with E-state index in [0.29, 0.717) is 6.42 Å². The normalized spacial score (nSPS) is 14.0. The molecular weight excluding hydrogens is 276 g/mol. The van der Waals surface area contributed by atoms with Gasteiger partial charge in [-0.25, -0.2) is 4.79 Å². The van der Waals surface area contributed by atoms with Gasteiger partial charge in [-0.1, -0.05) is 20.3 Å². The lowest BCUT2D eigenvalue weighted by Crippen LogP contribution is -2.51. The molecule has 2 amide bonds. The molecule has 0 bridgehead atoms. The monoisotopic (exact) mass is 302 g/mol. The molecule has 0 aromatic rings. The molecule has 0 heterocycles. The van der Waals surface area contributed by atoms with E-state index in [2.05, 4.69) is 10.6 Å². The van der Waals surface area contributed by atoms with Crippen molar-refractivity contribution in [1.29, 1.82) is 0 Å². The fourth-order valence-corrected chi connectivity index (χ4v) is 1.54. The van der Waals surface area contributed by atoms with Crippen LogP contribution in [0, 0.1) is 5.92 Å². The van der Waals surface area contributed by atoms with E-state index in [4.69, 9.17) is 9.84 Å². The molecule has 0 spiro atoms. The number of carboxylic acids is 1. The molecule has 0 aliphatic carbocycles. The Bertz CT molecular complexity index is 376. The van der Waals surface area contributed by atoms with Gasteiger partial charge in [-0.15, -0.1) is 0 Å². The molecule has 7 heteroatoms. The van der Waals surface area contributed by atoms with E-state index in [1.54, 1.807) is 20.8 Å². The molecule has 0 aromatic carbocycles. The maximum Gasteiger partial charge on any atom is 0.408 e. The first-order valence-corrected chi connectivity index (χ1v) is 7.05. The number of ether oxygens (including phenoxy) is 1. The molecule has 0 unspecified atom stereocenters. The van der Waals surface area contributed by atoms with Crippen LogP contribution in [-0.2, 0) is 14.3 Å². The van der Waals surface area contributed by atoms with Crippen molar-refractivity contribution in [2.75, 3.05) is 6.54 Å². The zero-order chi connectivity index (χ0) is 16.6. The molecule has 122 valence electrons. The largest absolute Gasteiger partial charge is 0.481 e. The van der Waals surface area contributed by atoms with Crippen LogP contribution in [0.5, 0.6) is 0 Å². The van der Waals surface area contributed by atoms with Crippen molar-refractivity contribution in [1.82, 2.24) is 10.6 Å². The third-order valence-electron chi connectivity index (χ3n) is 2.81. The summed E-state index contributed by atoms with van der Waals surface area (Å²) < 4.78 is 5.13. The number of alkyl carbamates (subject to hydrolysis) is 1. The van der Waals surface area contributed by atoms with Crippen LogP contribution in [0.3, 0.4) is 0 Å². The second-order valence-corrected chi connectivity index (χ2v) is 5.94. The van der Waals surface area contributed by atoms with Gasteiger partial charge in [0.25, 0.3) is 0 Å². The van der Waals surface area contributed by atoms with Gasteiger partial charge in [-0.2, -0.15) is 0 Å². The topological polar surface area (TPSA) is 105 Å². The van der Waals surface area contributed by atoms with Gasteiger partial charge in [-0.05, 0) is 26.7 Å². The summed E-state index contributed by atoms with van der Waals surface area (Å²) in [6, 6.07) is -0.751. The van der Waals surface area contributed by atoms with Crippen molar-refractivity contribution < 1.29 is 24.2 Å². The van der Waals surface area contributed by atoms with Gasteiger partial charge in [0.2, 0.25) is 5.91 Å². The standard InChI is InChI=1S/C14H26N2O5/c1-6-9(2)11(12(19)15-8-7-10(17)18)16-13(20)21-14(3,4)5/h9,11H,6-8H2,1-5H3,(H,15,19)(H,16,20)(H,17,18)/t9-,11-/m0/s1. The average molecular weight is 302 g/mol. The Labute approximate surface area is 125 Å². The molecule has 0 saturated heterocycles. The van der Waals surface area contributed by atoms with Crippen LogP contribution in [0.15, 0.2) is 0 Å². The van der Waals surface area contributed by atoms with Crippen LogP contribution in [-0.4, -0.2) is 41.3 Å². The van der Waals surface area contributed by atoms with Crippen LogP contribution in [0.4, 0.5) is 4.79 Å². The van der Waals surface area contributed by atoms with Crippen molar-refractivity contribution in [3.8, 4) is 0 Å². The summed E-state index contributed by atoms with van der Waals surface area (Å²) in [5.41, 5.74) is -0.649. The van der Waals surface area contributed by atoms with Gasteiger partial charge < -0.3 is 20.5 Å². The van der Waals surface area contributed by atoms with E-state index in [1.807, 2.05) is 13.8 Å². The molecule has 0 aliphatic rings. The summed E-state index contributed by atoms with van der Waals surface area (Å²) in [6.07, 6.45) is -0.140. The number of rotatable bonds is 7. The third-order valence-corrected chi connectivity index (χ3v) is 2.81. The van der Waals surface area contributed by atoms with E-state index in [-0.39, 0.29) is 18.9 Å². The zero-order valence-electron chi connectivity index (χ0n) is 13.4. The van der Waals surface area contributed by atoms with Crippen LogP contribution in [0.2, 0.25) is 0 Å². The van der Waals surface area contributed by atoms with Crippen LogP contribution in [0.25, 0.3) is 0 Å². The fourth-order valence-electron chi connectivity index (χ4n) is 1.54. The molecule has 0 aliphatic heterocycles. The highest BCUT2D eigenvalue weighted by Crippen LogP contribution is 2.11. The SMILES string of the molecule is CC[C@H](C)[C@H](NC(=O)OC(C)(C)C)C(=O)NCCC(=O)O. The van der Waals surface area contributed by atoms with E-state index in [9.17, 15) is 14.4 Å². The highest BCUT2D eigenvalue weighted by Gasteiger charge is 2.28.